The number of nitrogens with zero attached hydrogens (tertiary/aromatic N) is 1. The van der Waals surface area contributed by atoms with Gasteiger partial charge in [-0.1, -0.05) is 15.9 Å². The third kappa shape index (κ3) is 2.17. The maximum absolute atomic E-state index is 11.2. The summed E-state index contributed by atoms with van der Waals surface area (Å²) in [6, 6.07) is 5.29. The summed E-state index contributed by atoms with van der Waals surface area (Å²) >= 11 is 3.28. The van der Waals surface area contributed by atoms with Crippen LogP contribution in [0.4, 0.5) is 16.2 Å². The van der Waals surface area contributed by atoms with Crippen LogP contribution in [-0.4, -0.2) is 20.3 Å². The average molecular weight is 259 g/mol. The lowest BCUT2D eigenvalue weighted by Gasteiger charge is -2.17. The fraction of sp³-hybridized carbons (Fsp3) is 0.222. The van der Waals surface area contributed by atoms with E-state index in [0.717, 1.165) is 4.47 Å². The highest BCUT2D eigenvalue weighted by Gasteiger charge is 2.13. The predicted octanol–water partition coefficient (Wildman–Crippen LogP) is 2.23. The Kier molecular flexibility index (Phi) is 3.35. The monoisotopic (exact) mass is 258 g/mol. The zero-order valence-electron chi connectivity index (χ0n) is 7.95. The van der Waals surface area contributed by atoms with E-state index in [1.165, 1.54) is 12.0 Å². The highest BCUT2D eigenvalue weighted by Crippen LogP contribution is 2.26. The first-order valence-electron chi connectivity index (χ1n) is 3.93. The molecule has 4 nitrogen and oxygen atoms in total. The lowest BCUT2D eigenvalue weighted by Crippen LogP contribution is -2.26. The Balaban J connectivity index is 3.01. The van der Waals surface area contributed by atoms with Gasteiger partial charge in [0.2, 0.25) is 0 Å². The van der Waals surface area contributed by atoms with E-state index < -0.39 is 6.09 Å². The molecular weight excluding hydrogens is 248 g/mol. The molecular formula is C9H11BrN2O2. The number of anilines is 2. The van der Waals surface area contributed by atoms with Crippen molar-refractivity contribution < 1.29 is 9.53 Å². The number of hydrogen-bond donors (Lipinski definition) is 1. The SMILES string of the molecule is COC(=O)N(C)c1ccc(Br)cc1N. The van der Waals surface area contributed by atoms with Crippen LogP contribution in [0.5, 0.6) is 0 Å². The molecule has 1 aromatic rings. The molecule has 0 heterocycles. The quantitative estimate of drug-likeness (QED) is 0.787. The smallest absolute Gasteiger partial charge is 0.413 e. The highest BCUT2D eigenvalue weighted by molar-refractivity contribution is 9.10. The number of amides is 1. The van der Waals surface area contributed by atoms with Crippen LogP contribution in [0.25, 0.3) is 0 Å². The molecule has 1 rings (SSSR count). The molecule has 0 atom stereocenters. The Hall–Kier alpha value is -1.23. The lowest BCUT2D eigenvalue weighted by molar-refractivity contribution is 0.180. The molecule has 76 valence electrons. The highest BCUT2D eigenvalue weighted by atomic mass is 79.9. The summed E-state index contributed by atoms with van der Waals surface area (Å²) in [6.07, 6.45) is -0.445. The van der Waals surface area contributed by atoms with Crippen molar-refractivity contribution in [1.29, 1.82) is 0 Å². The predicted molar refractivity (Wildman–Crippen MR) is 59.4 cm³/mol. The van der Waals surface area contributed by atoms with Crippen LogP contribution in [0.1, 0.15) is 0 Å². The van der Waals surface area contributed by atoms with Crippen molar-refractivity contribution in [2.75, 3.05) is 24.8 Å². The summed E-state index contributed by atoms with van der Waals surface area (Å²) in [5.41, 5.74) is 6.88. The molecule has 0 saturated heterocycles. The minimum Gasteiger partial charge on any atom is -0.452 e. The number of rotatable bonds is 1. The minimum absolute atomic E-state index is 0.445. The normalized spacial score (nSPS) is 9.64. The Morgan fingerprint density at radius 1 is 1.57 bits per heavy atom. The van der Waals surface area contributed by atoms with Crippen LogP contribution in [0, 0.1) is 0 Å². The topological polar surface area (TPSA) is 55.6 Å². The van der Waals surface area contributed by atoms with Crippen molar-refractivity contribution in [1.82, 2.24) is 0 Å². The number of nitrogens with two attached hydrogens (primary N) is 1. The van der Waals surface area contributed by atoms with Gasteiger partial charge in [0.15, 0.2) is 0 Å². The molecule has 0 saturated carbocycles. The van der Waals surface area contributed by atoms with Crippen LogP contribution in [0.2, 0.25) is 0 Å². The molecule has 0 aliphatic heterocycles. The number of carbonyl (C=O) groups is 1. The Morgan fingerprint density at radius 2 is 2.21 bits per heavy atom. The number of hydrogen-bond acceptors (Lipinski definition) is 3. The van der Waals surface area contributed by atoms with Gasteiger partial charge in [0, 0.05) is 11.5 Å². The van der Waals surface area contributed by atoms with Crippen molar-refractivity contribution in [3.63, 3.8) is 0 Å². The molecule has 1 aromatic carbocycles. The average Bonchev–Trinajstić information content (AvgIpc) is 2.15. The second-order valence-corrected chi connectivity index (χ2v) is 3.65. The molecule has 0 aromatic heterocycles. The van der Waals surface area contributed by atoms with Gasteiger partial charge in [-0.05, 0) is 18.2 Å². The van der Waals surface area contributed by atoms with Crippen LogP contribution in [-0.2, 0) is 4.74 Å². The number of methoxy groups -OCH3 is 1. The summed E-state index contributed by atoms with van der Waals surface area (Å²) in [7, 11) is 2.93. The summed E-state index contributed by atoms with van der Waals surface area (Å²) in [5.74, 6) is 0. The Morgan fingerprint density at radius 3 is 2.71 bits per heavy atom. The minimum atomic E-state index is -0.445. The molecule has 0 aliphatic carbocycles. The van der Waals surface area contributed by atoms with E-state index in [0.29, 0.717) is 11.4 Å². The zero-order valence-corrected chi connectivity index (χ0v) is 9.54. The van der Waals surface area contributed by atoms with Gasteiger partial charge < -0.3 is 10.5 Å². The number of halogens is 1. The van der Waals surface area contributed by atoms with Crippen LogP contribution < -0.4 is 10.6 Å². The molecule has 0 spiro atoms. The zero-order chi connectivity index (χ0) is 10.7. The third-order valence-corrected chi connectivity index (χ3v) is 2.29. The van der Waals surface area contributed by atoms with Crippen LogP contribution in [0.3, 0.4) is 0 Å². The van der Waals surface area contributed by atoms with Crippen molar-refractivity contribution >= 4 is 33.4 Å². The van der Waals surface area contributed by atoms with E-state index in [-0.39, 0.29) is 0 Å². The van der Waals surface area contributed by atoms with Crippen LogP contribution in [0.15, 0.2) is 22.7 Å². The van der Waals surface area contributed by atoms with Crippen molar-refractivity contribution in [3.05, 3.63) is 22.7 Å². The largest absolute Gasteiger partial charge is 0.452 e. The molecule has 0 fully saturated rings. The van der Waals surface area contributed by atoms with Gasteiger partial charge in [0.05, 0.1) is 18.5 Å². The van der Waals surface area contributed by atoms with Crippen molar-refractivity contribution in [2.45, 2.75) is 0 Å². The van der Waals surface area contributed by atoms with E-state index in [9.17, 15) is 4.79 Å². The first-order chi connectivity index (χ1) is 6.56. The second kappa shape index (κ2) is 4.32. The second-order valence-electron chi connectivity index (χ2n) is 2.73. The van der Waals surface area contributed by atoms with Crippen molar-refractivity contribution in [3.8, 4) is 0 Å². The van der Waals surface area contributed by atoms with Gasteiger partial charge in [-0.3, -0.25) is 4.90 Å². The fourth-order valence-corrected chi connectivity index (χ4v) is 1.44. The van der Waals surface area contributed by atoms with E-state index in [4.69, 9.17) is 5.73 Å². The van der Waals surface area contributed by atoms with Gasteiger partial charge in [0.1, 0.15) is 0 Å². The molecule has 1 amide bonds. The van der Waals surface area contributed by atoms with Crippen molar-refractivity contribution in [2.24, 2.45) is 0 Å². The van der Waals surface area contributed by atoms with Gasteiger partial charge in [-0.15, -0.1) is 0 Å². The summed E-state index contributed by atoms with van der Waals surface area (Å²) in [5, 5.41) is 0. The van der Waals surface area contributed by atoms with Gasteiger partial charge in [0.25, 0.3) is 0 Å². The molecule has 2 N–H and O–H groups in total. The molecule has 0 aliphatic rings. The van der Waals surface area contributed by atoms with E-state index in [1.54, 1.807) is 19.2 Å². The van der Waals surface area contributed by atoms with Gasteiger partial charge in [-0.25, -0.2) is 4.79 Å². The summed E-state index contributed by atoms with van der Waals surface area (Å²) < 4.78 is 5.44. The molecule has 5 heteroatoms. The number of nitrogen functional groups attached to an aromatic ring is 1. The van der Waals surface area contributed by atoms with Gasteiger partial charge in [-0.2, -0.15) is 0 Å². The summed E-state index contributed by atoms with van der Waals surface area (Å²) in [6.45, 7) is 0. The number of carbonyl (C=O) groups excluding carboxylic acids is 1. The Bertz CT molecular complexity index is 355. The summed E-state index contributed by atoms with van der Waals surface area (Å²) in [4.78, 5) is 12.5. The molecule has 0 radical (unpaired) electrons. The third-order valence-electron chi connectivity index (χ3n) is 1.80. The first kappa shape index (κ1) is 10.8. The maximum atomic E-state index is 11.2. The number of ether oxygens (including phenoxy) is 1. The van der Waals surface area contributed by atoms with Crippen LogP contribution >= 0.6 is 15.9 Å². The standard InChI is InChI=1S/C9H11BrN2O2/c1-12(9(13)14-2)8-4-3-6(10)5-7(8)11/h3-5H,11H2,1-2H3. The first-order valence-corrected chi connectivity index (χ1v) is 4.72. The Labute approximate surface area is 90.8 Å². The van der Waals surface area contributed by atoms with E-state index in [1.807, 2.05) is 6.07 Å². The van der Waals surface area contributed by atoms with E-state index in [2.05, 4.69) is 20.7 Å². The van der Waals surface area contributed by atoms with Gasteiger partial charge >= 0.3 is 6.09 Å². The maximum Gasteiger partial charge on any atom is 0.413 e. The fourth-order valence-electron chi connectivity index (χ4n) is 1.07. The molecule has 0 bridgehead atoms. The number of benzene rings is 1. The molecule has 14 heavy (non-hydrogen) atoms. The lowest BCUT2D eigenvalue weighted by atomic mass is 10.2. The van der Waals surface area contributed by atoms with E-state index >= 15 is 0 Å². The molecule has 0 unspecified atom stereocenters.